The minimum absolute atomic E-state index is 0.237. The Labute approximate surface area is 136 Å². The van der Waals surface area contributed by atoms with Crippen LogP contribution >= 0.6 is 0 Å². The van der Waals surface area contributed by atoms with Gasteiger partial charge in [-0.25, -0.2) is 15.1 Å². The molecule has 0 aliphatic carbocycles. The average Bonchev–Trinajstić information content (AvgIpc) is 3.19. The molecule has 0 bridgehead atoms. The van der Waals surface area contributed by atoms with E-state index in [9.17, 15) is 0 Å². The van der Waals surface area contributed by atoms with E-state index >= 15 is 0 Å². The Morgan fingerprint density at radius 3 is 2.96 bits per heavy atom. The first kappa shape index (κ1) is 14.8. The maximum atomic E-state index is 4.56. The molecule has 0 spiro atoms. The van der Waals surface area contributed by atoms with Crippen molar-refractivity contribution in [2.24, 2.45) is 5.92 Å². The van der Waals surface area contributed by atoms with Gasteiger partial charge in [0.25, 0.3) is 0 Å². The fraction of sp³-hybridized carbons (Fsp3) is 0.529. The number of likely N-dealkylation sites (tertiary alicyclic amines) is 1. The number of rotatable bonds is 4. The van der Waals surface area contributed by atoms with Crippen LogP contribution in [0.5, 0.6) is 0 Å². The molecular weight excluding hydrogens is 288 g/mol. The third-order valence-electron chi connectivity index (χ3n) is 5.09. The smallest absolute Gasteiger partial charge is 0.145 e. The molecule has 2 aliphatic heterocycles. The highest BCUT2D eigenvalue weighted by Crippen LogP contribution is 2.32. The first-order valence-electron chi connectivity index (χ1n) is 8.42. The number of fused-ring (bicyclic) bond motifs is 1. The quantitative estimate of drug-likeness (QED) is 0.882. The molecule has 2 saturated heterocycles. The topological polar surface area (TPSA) is 58.0 Å². The van der Waals surface area contributed by atoms with Gasteiger partial charge in [-0.05, 0) is 32.0 Å². The number of nitrogens with one attached hydrogen (secondary N) is 2. The van der Waals surface area contributed by atoms with Crippen molar-refractivity contribution >= 4 is 0 Å². The van der Waals surface area contributed by atoms with E-state index < -0.39 is 0 Å². The second kappa shape index (κ2) is 6.39. The Kier molecular flexibility index (Phi) is 4.11. The van der Waals surface area contributed by atoms with E-state index in [0.29, 0.717) is 12.0 Å². The van der Waals surface area contributed by atoms with Crippen molar-refractivity contribution in [1.29, 1.82) is 0 Å². The van der Waals surface area contributed by atoms with E-state index in [4.69, 9.17) is 0 Å². The van der Waals surface area contributed by atoms with Gasteiger partial charge in [0.15, 0.2) is 0 Å². The molecule has 23 heavy (non-hydrogen) atoms. The molecule has 6 nitrogen and oxygen atoms in total. The summed E-state index contributed by atoms with van der Waals surface area (Å²) in [5.41, 5.74) is 8.26. The van der Waals surface area contributed by atoms with Crippen LogP contribution in [0.4, 0.5) is 0 Å². The highest BCUT2D eigenvalue weighted by Gasteiger charge is 2.41. The lowest BCUT2D eigenvalue weighted by atomic mass is 9.88. The molecule has 122 valence electrons. The molecule has 3 heterocycles. The molecular formula is C17H24N6. The van der Waals surface area contributed by atoms with Crippen molar-refractivity contribution in [1.82, 2.24) is 30.5 Å². The lowest BCUT2D eigenvalue weighted by molar-refractivity contribution is 0.182. The minimum atomic E-state index is 0.237. The lowest BCUT2D eigenvalue weighted by Crippen LogP contribution is -2.43. The molecule has 2 N–H and O–H groups in total. The van der Waals surface area contributed by atoms with Crippen LogP contribution in [0.2, 0.25) is 0 Å². The standard InChI is InChI=1S/C17H24N6/c1-22-9-8-15-14(11-22)16(21-20-15)17-18-12-19-23(17)10-7-13-5-3-2-4-6-13/h2-6,12,14-16,20-21H,7-11H2,1H3. The minimum Gasteiger partial charge on any atom is -0.306 e. The van der Waals surface area contributed by atoms with Gasteiger partial charge >= 0.3 is 0 Å². The molecule has 0 radical (unpaired) electrons. The van der Waals surface area contributed by atoms with Crippen LogP contribution in [0.15, 0.2) is 36.7 Å². The Hall–Kier alpha value is -1.76. The Bertz CT molecular complexity index is 640. The van der Waals surface area contributed by atoms with Crippen LogP contribution in [0, 0.1) is 5.92 Å². The molecule has 2 aliphatic rings. The molecule has 0 saturated carbocycles. The van der Waals surface area contributed by atoms with Gasteiger partial charge < -0.3 is 4.90 Å². The van der Waals surface area contributed by atoms with Crippen LogP contribution in [0.3, 0.4) is 0 Å². The lowest BCUT2D eigenvalue weighted by Gasteiger charge is -2.33. The SMILES string of the molecule is CN1CCC2NNC(c3ncnn3CCc3ccccc3)C2C1. The number of aryl methyl sites for hydroxylation is 2. The van der Waals surface area contributed by atoms with Crippen LogP contribution in [0.25, 0.3) is 0 Å². The summed E-state index contributed by atoms with van der Waals surface area (Å²) in [6, 6.07) is 11.3. The number of hydrazine groups is 1. The summed E-state index contributed by atoms with van der Waals surface area (Å²) in [5.74, 6) is 1.60. The predicted molar refractivity (Wildman–Crippen MR) is 88.6 cm³/mol. The zero-order chi connectivity index (χ0) is 15.6. The fourth-order valence-electron chi connectivity index (χ4n) is 3.79. The fourth-order valence-corrected chi connectivity index (χ4v) is 3.79. The summed E-state index contributed by atoms with van der Waals surface area (Å²) < 4.78 is 2.06. The van der Waals surface area contributed by atoms with Crippen LogP contribution in [-0.2, 0) is 13.0 Å². The second-order valence-corrected chi connectivity index (χ2v) is 6.66. The van der Waals surface area contributed by atoms with Gasteiger partial charge in [0.2, 0.25) is 0 Å². The molecule has 2 aromatic rings. The predicted octanol–water partition coefficient (Wildman–Crippen LogP) is 0.990. The van der Waals surface area contributed by atoms with E-state index in [1.165, 1.54) is 12.0 Å². The third-order valence-corrected chi connectivity index (χ3v) is 5.09. The number of piperidine rings is 1. The van der Waals surface area contributed by atoms with Crippen molar-refractivity contribution in [3.8, 4) is 0 Å². The summed E-state index contributed by atoms with van der Waals surface area (Å²) in [6.45, 7) is 3.12. The van der Waals surface area contributed by atoms with Gasteiger partial charge in [0.05, 0.1) is 6.04 Å². The number of hydrogen-bond donors (Lipinski definition) is 2. The van der Waals surface area contributed by atoms with E-state index in [0.717, 1.165) is 31.9 Å². The Balaban J connectivity index is 1.48. The van der Waals surface area contributed by atoms with Crippen LogP contribution in [-0.4, -0.2) is 45.8 Å². The summed E-state index contributed by atoms with van der Waals surface area (Å²) >= 11 is 0. The maximum absolute atomic E-state index is 4.56. The average molecular weight is 312 g/mol. The zero-order valence-electron chi connectivity index (χ0n) is 13.5. The summed E-state index contributed by atoms with van der Waals surface area (Å²) in [5, 5.41) is 4.46. The van der Waals surface area contributed by atoms with Gasteiger partial charge in [0, 0.05) is 25.0 Å². The first-order valence-corrected chi connectivity index (χ1v) is 8.42. The molecule has 6 heteroatoms. The third kappa shape index (κ3) is 3.02. The molecule has 0 amide bonds. The van der Waals surface area contributed by atoms with Crippen molar-refractivity contribution in [3.05, 3.63) is 48.0 Å². The van der Waals surface area contributed by atoms with Crippen molar-refractivity contribution in [2.45, 2.75) is 31.5 Å². The first-order chi connectivity index (χ1) is 11.3. The Morgan fingerprint density at radius 1 is 1.22 bits per heavy atom. The number of hydrogen-bond acceptors (Lipinski definition) is 5. The summed E-state index contributed by atoms with van der Waals surface area (Å²) in [7, 11) is 2.20. The van der Waals surface area contributed by atoms with Gasteiger partial charge in [-0.3, -0.25) is 5.43 Å². The molecule has 4 rings (SSSR count). The zero-order valence-corrected chi connectivity index (χ0v) is 13.5. The number of aromatic nitrogens is 3. The summed E-state index contributed by atoms with van der Waals surface area (Å²) in [6.07, 6.45) is 3.84. The summed E-state index contributed by atoms with van der Waals surface area (Å²) in [4.78, 5) is 6.97. The van der Waals surface area contributed by atoms with E-state index in [2.05, 4.69) is 67.9 Å². The highest BCUT2D eigenvalue weighted by molar-refractivity contribution is 5.15. The van der Waals surface area contributed by atoms with Gasteiger partial charge in [-0.1, -0.05) is 30.3 Å². The van der Waals surface area contributed by atoms with Crippen LogP contribution in [0.1, 0.15) is 23.9 Å². The van der Waals surface area contributed by atoms with E-state index in [-0.39, 0.29) is 6.04 Å². The van der Waals surface area contributed by atoms with Crippen LogP contribution < -0.4 is 10.9 Å². The monoisotopic (exact) mass is 312 g/mol. The highest BCUT2D eigenvalue weighted by atomic mass is 15.5. The van der Waals surface area contributed by atoms with Gasteiger partial charge in [0.1, 0.15) is 12.2 Å². The molecule has 3 atom stereocenters. The van der Waals surface area contributed by atoms with E-state index in [1.807, 2.05) is 0 Å². The van der Waals surface area contributed by atoms with Gasteiger partial charge in [-0.15, -0.1) is 0 Å². The normalized spacial score (nSPS) is 28.0. The number of benzene rings is 1. The molecule has 3 unspecified atom stereocenters. The van der Waals surface area contributed by atoms with Crippen molar-refractivity contribution < 1.29 is 0 Å². The van der Waals surface area contributed by atoms with E-state index in [1.54, 1.807) is 6.33 Å². The number of nitrogens with zero attached hydrogens (tertiary/aromatic N) is 4. The van der Waals surface area contributed by atoms with Crippen molar-refractivity contribution in [3.63, 3.8) is 0 Å². The largest absolute Gasteiger partial charge is 0.306 e. The molecule has 1 aromatic carbocycles. The van der Waals surface area contributed by atoms with Crippen molar-refractivity contribution in [2.75, 3.05) is 20.1 Å². The second-order valence-electron chi connectivity index (χ2n) is 6.66. The molecule has 1 aromatic heterocycles. The maximum Gasteiger partial charge on any atom is 0.145 e. The van der Waals surface area contributed by atoms with Gasteiger partial charge in [-0.2, -0.15) is 5.10 Å². The molecule has 2 fully saturated rings. The Morgan fingerprint density at radius 2 is 2.09 bits per heavy atom.